The van der Waals surface area contributed by atoms with E-state index in [1.165, 1.54) is 19.4 Å². The molecule has 6 nitrogen and oxygen atoms in total. The van der Waals surface area contributed by atoms with E-state index in [1.807, 2.05) is 0 Å². The predicted octanol–water partition coefficient (Wildman–Crippen LogP) is 3.21. The molecule has 2 heterocycles. The maximum absolute atomic E-state index is 12.3. The van der Waals surface area contributed by atoms with Crippen molar-refractivity contribution in [1.29, 1.82) is 0 Å². The molecule has 0 N–H and O–H groups in total. The number of furan rings is 1. The molecule has 122 valence electrons. The molecular formula is C17H13NO5S. The Labute approximate surface area is 142 Å². The number of carbonyl (C=O) groups is 3. The van der Waals surface area contributed by atoms with E-state index in [0.717, 1.165) is 16.7 Å². The van der Waals surface area contributed by atoms with Crippen LogP contribution in [-0.4, -0.2) is 35.5 Å². The van der Waals surface area contributed by atoms with Crippen molar-refractivity contribution in [2.24, 2.45) is 0 Å². The lowest BCUT2D eigenvalue weighted by molar-refractivity contribution is -0.122. The van der Waals surface area contributed by atoms with Gasteiger partial charge >= 0.3 is 0 Å². The van der Waals surface area contributed by atoms with E-state index in [1.54, 1.807) is 36.4 Å². The Morgan fingerprint density at radius 3 is 2.62 bits per heavy atom. The lowest BCUT2D eigenvalue weighted by Crippen LogP contribution is -2.33. The van der Waals surface area contributed by atoms with Crippen molar-refractivity contribution in [3.05, 3.63) is 58.9 Å². The van der Waals surface area contributed by atoms with Gasteiger partial charge in [-0.2, -0.15) is 0 Å². The largest absolute Gasteiger partial charge is 0.497 e. The number of ether oxygens (including phenoxy) is 1. The SMILES string of the molecule is COc1ccc(C(=O)CN2C(=O)S/C(=C/c3ccco3)C2=O)cc1. The van der Waals surface area contributed by atoms with Crippen LogP contribution >= 0.6 is 11.8 Å². The molecular weight excluding hydrogens is 330 g/mol. The topological polar surface area (TPSA) is 76.8 Å². The molecule has 1 fully saturated rings. The summed E-state index contributed by atoms with van der Waals surface area (Å²) in [6, 6.07) is 9.85. The minimum absolute atomic E-state index is 0.234. The van der Waals surface area contributed by atoms with E-state index >= 15 is 0 Å². The minimum Gasteiger partial charge on any atom is -0.497 e. The summed E-state index contributed by atoms with van der Waals surface area (Å²) < 4.78 is 10.2. The molecule has 1 aliphatic heterocycles. The summed E-state index contributed by atoms with van der Waals surface area (Å²) in [5.74, 6) is 0.281. The average molecular weight is 343 g/mol. The van der Waals surface area contributed by atoms with Gasteiger partial charge in [-0.1, -0.05) is 0 Å². The van der Waals surface area contributed by atoms with Crippen LogP contribution < -0.4 is 4.74 Å². The zero-order valence-corrected chi connectivity index (χ0v) is 13.5. The number of hydrogen-bond acceptors (Lipinski definition) is 6. The van der Waals surface area contributed by atoms with Gasteiger partial charge in [-0.05, 0) is 48.2 Å². The van der Waals surface area contributed by atoms with Gasteiger partial charge < -0.3 is 9.15 Å². The van der Waals surface area contributed by atoms with Crippen molar-refractivity contribution in [3.8, 4) is 5.75 Å². The maximum atomic E-state index is 12.3. The molecule has 0 unspecified atom stereocenters. The number of carbonyl (C=O) groups excluding carboxylic acids is 3. The van der Waals surface area contributed by atoms with Crippen molar-refractivity contribution in [3.63, 3.8) is 0 Å². The van der Waals surface area contributed by atoms with Gasteiger partial charge in [0.05, 0.1) is 24.8 Å². The third kappa shape index (κ3) is 3.26. The summed E-state index contributed by atoms with van der Waals surface area (Å²) in [5.41, 5.74) is 0.407. The molecule has 2 amide bonds. The van der Waals surface area contributed by atoms with Crippen molar-refractivity contribution in [2.45, 2.75) is 0 Å². The second-order valence-corrected chi connectivity index (χ2v) is 5.93. The fourth-order valence-electron chi connectivity index (χ4n) is 2.15. The Bertz CT molecular complexity index is 808. The minimum atomic E-state index is -0.497. The molecule has 0 aliphatic carbocycles. The fourth-order valence-corrected chi connectivity index (χ4v) is 2.97. The molecule has 1 aliphatic rings. The number of Topliss-reactive ketones (excluding diaryl/α,β-unsaturated/α-hetero) is 1. The van der Waals surface area contributed by atoms with Gasteiger partial charge in [0.2, 0.25) is 0 Å². The van der Waals surface area contributed by atoms with Gasteiger partial charge in [-0.25, -0.2) is 0 Å². The average Bonchev–Trinajstić information content (AvgIpc) is 3.19. The van der Waals surface area contributed by atoms with Gasteiger partial charge in [-0.3, -0.25) is 19.3 Å². The predicted molar refractivity (Wildman–Crippen MR) is 88.7 cm³/mol. The fraction of sp³-hybridized carbons (Fsp3) is 0.118. The number of amides is 2. The lowest BCUT2D eigenvalue weighted by atomic mass is 10.1. The Kier molecular flexibility index (Phi) is 4.52. The smallest absolute Gasteiger partial charge is 0.293 e. The van der Waals surface area contributed by atoms with Crippen LogP contribution in [0.3, 0.4) is 0 Å². The van der Waals surface area contributed by atoms with Crippen LogP contribution in [-0.2, 0) is 4.79 Å². The standard InChI is InChI=1S/C17H13NO5S/c1-22-12-6-4-11(5-7-12)14(19)10-18-16(20)15(24-17(18)21)9-13-3-2-8-23-13/h2-9H,10H2,1H3/b15-9+. The molecule has 0 bridgehead atoms. The van der Waals surface area contributed by atoms with Crippen molar-refractivity contribution >= 4 is 34.8 Å². The van der Waals surface area contributed by atoms with Crippen LogP contribution in [0, 0.1) is 0 Å². The van der Waals surface area contributed by atoms with Crippen LogP contribution in [0.2, 0.25) is 0 Å². The Morgan fingerprint density at radius 1 is 1.25 bits per heavy atom. The van der Waals surface area contributed by atoms with Crippen LogP contribution in [0.25, 0.3) is 6.08 Å². The van der Waals surface area contributed by atoms with Crippen LogP contribution in [0.15, 0.2) is 52.0 Å². The zero-order chi connectivity index (χ0) is 17.1. The third-order valence-electron chi connectivity index (χ3n) is 3.40. The van der Waals surface area contributed by atoms with Gasteiger partial charge in [0.15, 0.2) is 5.78 Å². The molecule has 7 heteroatoms. The molecule has 0 saturated carbocycles. The van der Waals surface area contributed by atoms with E-state index in [4.69, 9.17) is 9.15 Å². The summed E-state index contributed by atoms with van der Waals surface area (Å²) in [6.07, 6.45) is 2.96. The number of methoxy groups -OCH3 is 1. The summed E-state index contributed by atoms with van der Waals surface area (Å²) >= 11 is 0.790. The van der Waals surface area contributed by atoms with E-state index in [-0.39, 0.29) is 17.2 Å². The lowest BCUT2D eigenvalue weighted by Gasteiger charge is -2.11. The molecule has 2 aromatic rings. The van der Waals surface area contributed by atoms with Gasteiger partial charge in [0.25, 0.3) is 11.1 Å². The zero-order valence-electron chi connectivity index (χ0n) is 12.7. The molecule has 24 heavy (non-hydrogen) atoms. The van der Waals surface area contributed by atoms with Crippen molar-refractivity contribution < 1.29 is 23.5 Å². The van der Waals surface area contributed by atoms with Crippen molar-refractivity contribution in [2.75, 3.05) is 13.7 Å². The Hall–Kier alpha value is -2.80. The molecule has 0 radical (unpaired) electrons. The van der Waals surface area contributed by atoms with E-state index in [9.17, 15) is 14.4 Å². The number of imide groups is 1. The number of hydrogen-bond donors (Lipinski definition) is 0. The summed E-state index contributed by atoms with van der Waals surface area (Å²) in [4.78, 5) is 37.8. The molecule has 1 saturated heterocycles. The Morgan fingerprint density at radius 2 is 2.00 bits per heavy atom. The number of rotatable bonds is 5. The first-order valence-corrected chi connectivity index (χ1v) is 7.86. The third-order valence-corrected chi connectivity index (χ3v) is 4.31. The number of thioether (sulfide) groups is 1. The molecule has 0 atom stereocenters. The molecule has 1 aromatic heterocycles. The van der Waals surface area contributed by atoms with Gasteiger partial charge in [0, 0.05) is 11.6 Å². The second-order valence-electron chi connectivity index (χ2n) is 4.93. The molecule has 3 rings (SSSR count). The quantitative estimate of drug-likeness (QED) is 0.613. The monoisotopic (exact) mass is 343 g/mol. The number of nitrogens with zero attached hydrogens (tertiary/aromatic N) is 1. The van der Waals surface area contributed by atoms with Crippen LogP contribution in [0.4, 0.5) is 4.79 Å². The van der Waals surface area contributed by atoms with Crippen LogP contribution in [0.5, 0.6) is 5.75 Å². The molecule has 1 aromatic carbocycles. The van der Waals surface area contributed by atoms with E-state index < -0.39 is 11.1 Å². The van der Waals surface area contributed by atoms with Crippen molar-refractivity contribution in [1.82, 2.24) is 4.90 Å². The highest BCUT2D eigenvalue weighted by Crippen LogP contribution is 2.32. The molecule has 0 spiro atoms. The van der Waals surface area contributed by atoms with E-state index in [2.05, 4.69) is 0 Å². The van der Waals surface area contributed by atoms with Crippen LogP contribution in [0.1, 0.15) is 16.1 Å². The summed E-state index contributed by atoms with van der Waals surface area (Å²) in [7, 11) is 1.53. The maximum Gasteiger partial charge on any atom is 0.293 e. The first-order chi connectivity index (χ1) is 11.6. The number of ketones is 1. The highest BCUT2D eigenvalue weighted by atomic mass is 32.2. The second kappa shape index (κ2) is 6.76. The van der Waals surface area contributed by atoms with Gasteiger partial charge in [0.1, 0.15) is 11.5 Å². The summed E-state index contributed by atoms with van der Waals surface area (Å²) in [5, 5.41) is -0.473. The highest BCUT2D eigenvalue weighted by molar-refractivity contribution is 8.18. The number of benzene rings is 1. The first-order valence-electron chi connectivity index (χ1n) is 7.04. The summed E-state index contributed by atoms with van der Waals surface area (Å²) in [6.45, 7) is -0.299. The highest BCUT2D eigenvalue weighted by Gasteiger charge is 2.36. The van der Waals surface area contributed by atoms with Gasteiger partial charge in [-0.15, -0.1) is 0 Å². The Balaban J connectivity index is 1.73. The normalized spacial score (nSPS) is 16.0. The first kappa shape index (κ1) is 16.1. The van der Waals surface area contributed by atoms with E-state index in [0.29, 0.717) is 17.1 Å².